The van der Waals surface area contributed by atoms with Crippen LogP contribution in [-0.4, -0.2) is 29.6 Å². The standard InChI is InChI=1S/C14H18FNO4/c1-10(9-14(18)19)16-13(17)7-4-8-20-12-6-3-2-5-11(12)15/h2-3,5-6,10H,4,7-9H2,1H3,(H,16,17)(H,18,19). The maximum absolute atomic E-state index is 13.2. The summed E-state index contributed by atoms with van der Waals surface area (Å²) in [6, 6.07) is 5.64. The number of amides is 1. The summed E-state index contributed by atoms with van der Waals surface area (Å²) in [4.78, 5) is 21.9. The topological polar surface area (TPSA) is 75.6 Å². The van der Waals surface area contributed by atoms with Crippen LogP contribution >= 0.6 is 0 Å². The third kappa shape index (κ3) is 6.17. The van der Waals surface area contributed by atoms with Gasteiger partial charge in [0.25, 0.3) is 0 Å². The van der Waals surface area contributed by atoms with Gasteiger partial charge in [0.15, 0.2) is 11.6 Å². The molecule has 0 aliphatic heterocycles. The van der Waals surface area contributed by atoms with Crippen LogP contribution in [0.4, 0.5) is 4.39 Å². The van der Waals surface area contributed by atoms with Gasteiger partial charge in [-0.2, -0.15) is 0 Å². The molecule has 6 heteroatoms. The van der Waals surface area contributed by atoms with Gasteiger partial charge < -0.3 is 15.2 Å². The second-order valence-electron chi connectivity index (χ2n) is 4.45. The molecule has 20 heavy (non-hydrogen) atoms. The van der Waals surface area contributed by atoms with Gasteiger partial charge in [0.2, 0.25) is 5.91 Å². The lowest BCUT2D eigenvalue weighted by molar-refractivity contribution is -0.137. The van der Waals surface area contributed by atoms with Gasteiger partial charge in [0.05, 0.1) is 13.0 Å². The first kappa shape index (κ1) is 15.9. The summed E-state index contributed by atoms with van der Waals surface area (Å²) in [5.41, 5.74) is 0. The zero-order valence-corrected chi connectivity index (χ0v) is 11.3. The molecule has 1 unspecified atom stereocenters. The highest BCUT2D eigenvalue weighted by Crippen LogP contribution is 2.15. The first-order chi connectivity index (χ1) is 9.49. The Morgan fingerprint density at radius 2 is 2.10 bits per heavy atom. The Morgan fingerprint density at radius 1 is 1.40 bits per heavy atom. The lowest BCUT2D eigenvalue weighted by atomic mass is 10.2. The molecule has 110 valence electrons. The SMILES string of the molecule is CC(CC(=O)O)NC(=O)CCCOc1ccccc1F. The number of hydrogen-bond donors (Lipinski definition) is 2. The number of rotatable bonds is 8. The molecule has 0 spiro atoms. The minimum atomic E-state index is -0.958. The Bertz CT molecular complexity index is 464. The van der Waals surface area contributed by atoms with Crippen molar-refractivity contribution in [1.29, 1.82) is 0 Å². The number of hydrogen-bond acceptors (Lipinski definition) is 3. The van der Waals surface area contributed by atoms with Crippen molar-refractivity contribution in [1.82, 2.24) is 5.32 Å². The largest absolute Gasteiger partial charge is 0.491 e. The van der Waals surface area contributed by atoms with Gasteiger partial charge in [-0.1, -0.05) is 12.1 Å². The van der Waals surface area contributed by atoms with E-state index in [1.165, 1.54) is 12.1 Å². The number of halogens is 1. The Balaban J connectivity index is 2.19. The Morgan fingerprint density at radius 3 is 2.75 bits per heavy atom. The maximum atomic E-state index is 13.2. The van der Waals surface area contributed by atoms with Crippen molar-refractivity contribution in [2.45, 2.75) is 32.2 Å². The molecule has 0 aliphatic rings. The molecule has 0 heterocycles. The van der Waals surface area contributed by atoms with Crippen molar-refractivity contribution < 1.29 is 23.8 Å². The van der Waals surface area contributed by atoms with Gasteiger partial charge in [0.1, 0.15) is 0 Å². The molecular formula is C14H18FNO4. The third-order valence-corrected chi connectivity index (χ3v) is 2.53. The molecule has 0 saturated heterocycles. The number of carboxylic acids is 1. The fourth-order valence-electron chi connectivity index (χ4n) is 1.64. The molecule has 0 fully saturated rings. The fourth-order valence-corrected chi connectivity index (χ4v) is 1.64. The van der Waals surface area contributed by atoms with E-state index in [0.717, 1.165) is 0 Å². The van der Waals surface area contributed by atoms with Crippen LogP contribution in [0.15, 0.2) is 24.3 Å². The Labute approximate surface area is 116 Å². The number of nitrogens with one attached hydrogen (secondary N) is 1. The number of carbonyl (C=O) groups excluding carboxylic acids is 1. The highest BCUT2D eigenvalue weighted by Gasteiger charge is 2.10. The van der Waals surface area contributed by atoms with Crippen LogP contribution in [0.3, 0.4) is 0 Å². The van der Waals surface area contributed by atoms with Crippen LogP contribution < -0.4 is 10.1 Å². The van der Waals surface area contributed by atoms with E-state index < -0.39 is 17.8 Å². The van der Waals surface area contributed by atoms with Gasteiger partial charge >= 0.3 is 5.97 Å². The average Bonchev–Trinajstić information content (AvgIpc) is 2.35. The molecule has 5 nitrogen and oxygen atoms in total. The summed E-state index contributed by atoms with van der Waals surface area (Å²) in [6.45, 7) is 1.85. The zero-order valence-electron chi connectivity index (χ0n) is 11.3. The zero-order chi connectivity index (χ0) is 15.0. The molecule has 1 aromatic carbocycles. The minimum absolute atomic E-state index is 0.114. The van der Waals surface area contributed by atoms with Gasteiger partial charge in [-0.3, -0.25) is 9.59 Å². The van der Waals surface area contributed by atoms with Crippen molar-refractivity contribution in [2.75, 3.05) is 6.61 Å². The van der Waals surface area contributed by atoms with Crippen molar-refractivity contribution in [2.24, 2.45) is 0 Å². The summed E-state index contributed by atoms with van der Waals surface area (Å²) in [5, 5.41) is 11.1. The average molecular weight is 283 g/mol. The smallest absolute Gasteiger partial charge is 0.305 e. The van der Waals surface area contributed by atoms with Crippen molar-refractivity contribution in [3.8, 4) is 5.75 Å². The quantitative estimate of drug-likeness (QED) is 0.715. The van der Waals surface area contributed by atoms with Crippen molar-refractivity contribution in [3.05, 3.63) is 30.1 Å². The summed E-state index contributed by atoms with van der Waals surface area (Å²) in [7, 11) is 0. The predicted octanol–water partition coefficient (Wildman–Crippen LogP) is 1.96. The van der Waals surface area contributed by atoms with E-state index in [9.17, 15) is 14.0 Å². The fraction of sp³-hybridized carbons (Fsp3) is 0.429. The minimum Gasteiger partial charge on any atom is -0.491 e. The number of para-hydroxylation sites is 1. The van der Waals surface area contributed by atoms with E-state index in [1.807, 2.05) is 0 Å². The van der Waals surface area contributed by atoms with Crippen LogP contribution in [0.1, 0.15) is 26.2 Å². The normalized spacial score (nSPS) is 11.7. The molecule has 1 aromatic rings. The van der Waals surface area contributed by atoms with Crippen LogP contribution in [0.5, 0.6) is 5.75 Å². The second kappa shape index (κ2) is 8.14. The number of benzene rings is 1. The van der Waals surface area contributed by atoms with Gasteiger partial charge in [-0.05, 0) is 25.5 Å². The number of ether oxygens (including phenoxy) is 1. The lowest BCUT2D eigenvalue weighted by Crippen LogP contribution is -2.34. The van der Waals surface area contributed by atoms with Gasteiger partial charge in [-0.25, -0.2) is 4.39 Å². The Hall–Kier alpha value is -2.11. The summed E-state index contributed by atoms with van der Waals surface area (Å²) in [6.07, 6.45) is 0.524. The molecule has 2 N–H and O–H groups in total. The van der Waals surface area contributed by atoms with Crippen LogP contribution in [0.2, 0.25) is 0 Å². The van der Waals surface area contributed by atoms with E-state index in [-0.39, 0.29) is 31.1 Å². The Kier molecular flexibility index (Phi) is 6.49. The lowest BCUT2D eigenvalue weighted by Gasteiger charge is -2.11. The highest BCUT2D eigenvalue weighted by atomic mass is 19.1. The second-order valence-corrected chi connectivity index (χ2v) is 4.45. The van der Waals surface area contributed by atoms with Crippen molar-refractivity contribution >= 4 is 11.9 Å². The van der Waals surface area contributed by atoms with Crippen LogP contribution in [-0.2, 0) is 9.59 Å². The van der Waals surface area contributed by atoms with Gasteiger partial charge in [-0.15, -0.1) is 0 Å². The number of carbonyl (C=O) groups is 2. The molecular weight excluding hydrogens is 265 g/mol. The van der Waals surface area contributed by atoms with E-state index in [0.29, 0.717) is 6.42 Å². The van der Waals surface area contributed by atoms with E-state index >= 15 is 0 Å². The molecule has 0 bridgehead atoms. The van der Waals surface area contributed by atoms with Crippen LogP contribution in [0, 0.1) is 5.82 Å². The highest BCUT2D eigenvalue weighted by molar-refractivity contribution is 5.77. The molecule has 1 amide bonds. The van der Waals surface area contributed by atoms with Crippen LogP contribution in [0.25, 0.3) is 0 Å². The first-order valence-corrected chi connectivity index (χ1v) is 6.37. The maximum Gasteiger partial charge on any atom is 0.305 e. The van der Waals surface area contributed by atoms with E-state index in [4.69, 9.17) is 9.84 Å². The monoisotopic (exact) mass is 283 g/mol. The molecule has 0 aromatic heterocycles. The summed E-state index contributed by atoms with van der Waals surface area (Å²) in [5.74, 6) is -1.48. The molecule has 0 aliphatic carbocycles. The summed E-state index contributed by atoms with van der Waals surface area (Å²) < 4.78 is 18.4. The third-order valence-electron chi connectivity index (χ3n) is 2.53. The van der Waals surface area contributed by atoms with Crippen molar-refractivity contribution in [3.63, 3.8) is 0 Å². The van der Waals surface area contributed by atoms with E-state index in [1.54, 1.807) is 19.1 Å². The predicted molar refractivity (Wildman–Crippen MR) is 71.0 cm³/mol. The molecule has 0 radical (unpaired) electrons. The molecule has 1 atom stereocenters. The number of carboxylic acid groups (broad SMARTS) is 1. The van der Waals surface area contributed by atoms with Gasteiger partial charge in [0, 0.05) is 12.5 Å². The molecule has 0 saturated carbocycles. The summed E-state index contributed by atoms with van der Waals surface area (Å²) >= 11 is 0. The molecule has 1 rings (SSSR count). The first-order valence-electron chi connectivity index (χ1n) is 6.37. The van der Waals surface area contributed by atoms with E-state index in [2.05, 4.69) is 5.32 Å². The number of aliphatic carboxylic acids is 1.